The number of nitrogens with zero attached hydrogens (tertiary/aromatic N) is 2. The second-order valence-corrected chi connectivity index (χ2v) is 4.39. The van der Waals surface area contributed by atoms with Crippen LogP contribution in [0.4, 0.5) is 5.82 Å². The zero-order valence-corrected chi connectivity index (χ0v) is 9.72. The molecule has 1 aromatic heterocycles. The van der Waals surface area contributed by atoms with Crippen LogP contribution in [0, 0.1) is 5.92 Å². The van der Waals surface area contributed by atoms with E-state index in [0.717, 1.165) is 23.6 Å². The largest absolute Gasteiger partial charge is 0.383 e. The summed E-state index contributed by atoms with van der Waals surface area (Å²) >= 11 is 0. The Kier molecular flexibility index (Phi) is 2.95. The van der Waals surface area contributed by atoms with Gasteiger partial charge in [0.25, 0.3) is 0 Å². The minimum Gasteiger partial charge on any atom is -0.383 e. The van der Waals surface area contributed by atoms with Crippen molar-refractivity contribution >= 4 is 5.82 Å². The SMILES string of the molecule is CC(C)Cn1cnc(-c2ccccc2)c1N. The van der Waals surface area contributed by atoms with Crippen LogP contribution in [0.1, 0.15) is 13.8 Å². The van der Waals surface area contributed by atoms with Gasteiger partial charge in [0.15, 0.2) is 0 Å². The number of anilines is 1. The summed E-state index contributed by atoms with van der Waals surface area (Å²) < 4.78 is 2.01. The van der Waals surface area contributed by atoms with Crippen molar-refractivity contribution in [3.8, 4) is 11.3 Å². The molecule has 0 aliphatic carbocycles. The lowest BCUT2D eigenvalue weighted by Gasteiger charge is -2.08. The van der Waals surface area contributed by atoms with Crippen LogP contribution in [-0.2, 0) is 6.54 Å². The minimum absolute atomic E-state index is 0.570. The molecule has 0 amide bonds. The summed E-state index contributed by atoms with van der Waals surface area (Å²) in [7, 11) is 0. The summed E-state index contributed by atoms with van der Waals surface area (Å²) in [6, 6.07) is 10.0. The van der Waals surface area contributed by atoms with Gasteiger partial charge in [-0.15, -0.1) is 0 Å². The third kappa shape index (κ3) is 2.08. The molecule has 2 N–H and O–H groups in total. The highest BCUT2D eigenvalue weighted by atomic mass is 15.1. The molecule has 2 rings (SSSR count). The highest BCUT2D eigenvalue weighted by Gasteiger charge is 2.09. The molecule has 2 aromatic rings. The Bertz CT molecular complexity index is 457. The number of nitrogen functional groups attached to an aromatic ring is 1. The molecule has 0 saturated heterocycles. The van der Waals surface area contributed by atoms with Crippen molar-refractivity contribution in [2.24, 2.45) is 5.92 Å². The first-order valence-electron chi connectivity index (χ1n) is 5.54. The maximum absolute atomic E-state index is 6.08. The molecule has 0 saturated carbocycles. The number of hydrogen-bond acceptors (Lipinski definition) is 2. The van der Waals surface area contributed by atoms with Gasteiger partial charge in [-0.3, -0.25) is 0 Å². The van der Waals surface area contributed by atoms with E-state index in [1.165, 1.54) is 0 Å². The summed E-state index contributed by atoms with van der Waals surface area (Å²) in [6.45, 7) is 5.24. The van der Waals surface area contributed by atoms with E-state index < -0.39 is 0 Å². The molecule has 3 nitrogen and oxygen atoms in total. The smallest absolute Gasteiger partial charge is 0.131 e. The van der Waals surface area contributed by atoms with Crippen LogP contribution in [-0.4, -0.2) is 9.55 Å². The van der Waals surface area contributed by atoms with Crippen molar-refractivity contribution in [2.45, 2.75) is 20.4 Å². The van der Waals surface area contributed by atoms with Crippen LogP contribution in [0.25, 0.3) is 11.3 Å². The number of nitrogens with two attached hydrogens (primary N) is 1. The molecule has 0 fully saturated rings. The molecule has 0 atom stereocenters. The average Bonchev–Trinajstić information content (AvgIpc) is 2.61. The monoisotopic (exact) mass is 215 g/mol. The number of aromatic nitrogens is 2. The van der Waals surface area contributed by atoms with Crippen molar-refractivity contribution in [2.75, 3.05) is 5.73 Å². The Morgan fingerprint density at radius 2 is 1.94 bits per heavy atom. The second kappa shape index (κ2) is 4.39. The average molecular weight is 215 g/mol. The Hall–Kier alpha value is -1.77. The van der Waals surface area contributed by atoms with E-state index in [9.17, 15) is 0 Å². The van der Waals surface area contributed by atoms with Crippen molar-refractivity contribution in [1.82, 2.24) is 9.55 Å². The maximum Gasteiger partial charge on any atom is 0.131 e. The fourth-order valence-corrected chi connectivity index (χ4v) is 1.75. The van der Waals surface area contributed by atoms with E-state index in [2.05, 4.69) is 18.8 Å². The molecule has 0 radical (unpaired) electrons. The van der Waals surface area contributed by atoms with Gasteiger partial charge in [-0.05, 0) is 5.92 Å². The Labute approximate surface area is 95.9 Å². The molecular formula is C13H17N3. The van der Waals surface area contributed by atoms with E-state index in [1.807, 2.05) is 41.2 Å². The summed E-state index contributed by atoms with van der Waals surface area (Å²) in [6.07, 6.45) is 1.82. The van der Waals surface area contributed by atoms with E-state index in [0.29, 0.717) is 5.92 Å². The summed E-state index contributed by atoms with van der Waals surface area (Å²) in [4.78, 5) is 4.38. The van der Waals surface area contributed by atoms with Crippen LogP contribution < -0.4 is 5.73 Å². The Morgan fingerprint density at radius 1 is 1.25 bits per heavy atom. The van der Waals surface area contributed by atoms with Crippen molar-refractivity contribution in [3.63, 3.8) is 0 Å². The lowest BCUT2D eigenvalue weighted by atomic mass is 10.1. The third-order valence-electron chi connectivity index (χ3n) is 2.49. The van der Waals surface area contributed by atoms with Crippen LogP contribution in [0.3, 0.4) is 0 Å². The lowest BCUT2D eigenvalue weighted by Crippen LogP contribution is -2.06. The van der Waals surface area contributed by atoms with Gasteiger partial charge in [0.2, 0.25) is 0 Å². The van der Waals surface area contributed by atoms with Gasteiger partial charge in [0.05, 0.1) is 6.33 Å². The maximum atomic E-state index is 6.08. The third-order valence-corrected chi connectivity index (χ3v) is 2.49. The topological polar surface area (TPSA) is 43.8 Å². The summed E-state index contributed by atoms with van der Waals surface area (Å²) in [5.41, 5.74) is 8.03. The van der Waals surface area contributed by atoms with E-state index in [4.69, 9.17) is 5.73 Å². The normalized spacial score (nSPS) is 10.9. The Balaban J connectivity index is 2.34. The van der Waals surface area contributed by atoms with Gasteiger partial charge < -0.3 is 10.3 Å². The first-order chi connectivity index (χ1) is 7.68. The molecule has 16 heavy (non-hydrogen) atoms. The number of benzene rings is 1. The lowest BCUT2D eigenvalue weighted by molar-refractivity contribution is 0.527. The summed E-state index contributed by atoms with van der Waals surface area (Å²) in [5, 5.41) is 0. The minimum atomic E-state index is 0.570. The molecule has 1 aromatic carbocycles. The molecule has 0 aliphatic heterocycles. The van der Waals surface area contributed by atoms with Crippen LogP contribution >= 0.6 is 0 Å². The predicted octanol–water partition coefficient (Wildman–Crippen LogP) is 2.79. The van der Waals surface area contributed by atoms with E-state index >= 15 is 0 Å². The molecule has 1 heterocycles. The number of imidazole rings is 1. The van der Waals surface area contributed by atoms with Crippen LogP contribution in [0.15, 0.2) is 36.7 Å². The Morgan fingerprint density at radius 3 is 2.56 bits per heavy atom. The number of hydrogen-bond donors (Lipinski definition) is 1. The van der Waals surface area contributed by atoms with Gasteiger partial charge in [0, 0.05) is 12.1 Å². The molecule has 0 unspecified atom stereocenters. The van der Waals surface area contributed by atoms with E-state index in [-0.39, 0.29) is 0 Å². The highest BCUT2D eigenvalue weighted by molar-refractivity contribution is 5.70. The van der Waals surface area contributed by atoms with Gasteiger partial charge in [-0.1, -0.05) is 44.2 Å². The zero-order valence-electron chi connectivity index (χ0n) is 9.72. The fraction of sp³-hybridized carbons (Fsp3) is 0.308. The molecule has 3 heteroatoms. The highest BCUT2D eigenvalue weighted by Crippen LogP contribution is 2.24. The van der Waals surface area contributed by atoms with Crippen molar-refractivity contribution in [3.05, 3.63) is 36.7 Å². The first-order valence-corrected chi connectivity index (χ1v) is 5.54. The van der Waals surface area contributed by atoms with Gasteiger partial charge in [-0.25, -0.2) is 4.98 Å². The quantitative estimate of drug-likeness (QED) is 0.855. The van der Waals surface area contributed by atoms with Crippen LogP contribution in [0.5, 0.6) is 0 Å². The second-order valence-electron chi connectivity index (χ2n) is 4.39. The number of rotatable bonds is 3. The first kappa shape index (κ1) is 10.7. The van der Waals surface area contributed by atoms with Crippen LogP contribution in [0.2, 0.25) is 0 Å². The van der Waals surface area contributed by atoms with Crippen molar-refractivity contribution in [1.29, 1.82) is 0 Å². The molecular weight excluding hydrogens is 198 g/mol. The van der Waals surface area contributed by atoms with E-state index in [1.54, 1.807) is 0 Å². The van der Waals surface area contributed by atoms with Gasteiger partial charge >= 0.3 is 0 Å². The predicted molar refractivity (Wildman–Crippen MR) is 66.9 cm³/mol. The standard InChI is InChI=1S/C13H17N3/c1-10(2)8-16-9-15-12(13(16)14)11-6-4-3-5-7-11/h3-7,9-10H,8,14H2,1-2H3. The molecule has 0 aliphatic rings. The van der Waals surface area contributed by atoms with Gasteiger partial charge in [0.1, 0.15) is 11.5 Å². The van der Waals surface area contributed by atoms with Crippen molar-refractivity contribution < 1.29 is 0 Å². The summed E-state index contributed by atoms with van der Waals surface area (Å²) in [5.74, 6) is 1.32. The molecule has 0 spiro atoms. The molecule has 0 bridgehead atoms. The zero-order chi connectivity index (χ0) is 11.5. The fourth-order valence-electron chi connectivity index (χ4n) is 1.75. The van der Waals surface area contributed by atoms with Gasteiger partial charge in [-0.2, -0.15) is 0 Å². The molecule has 84 valence electrons.